The van der Waals surface area contributed by atoms with E-state index >= 15 is 0 Å². The number of carbonyl (C=O) groups is 5. The highest BCUT2D eigenvalue weighted by molar-refractivity contribution is 5.94. The van der Waals surface area contributed by atoms with Crippen molar-refractivity contribution in [1.82, 2.24) is 16.0 Å². The van der Waals surface area contributed by atoms with Gasteiger partial charge in [-0.1, -0.05) is 12.1 Å². The Morgan fingerprint density at radius 1 is 0.882 bits per heavy atom. The molecule has 13 heteroatoms. The number of carboxylic acids is 2. The summed E-state index contributed by atoms with van der Waals surface area (Å²) in [6.45, 7) is 2.54. The van der Waals surface area contributed by atoms with Gasteiger partial charge in [-0.25, -0.2) is 4.79 Å². The summed E-state index contributed by atoms with van der Waals surface area (Å²) in [5.74, 6) is -5.34. The highest BCUT2D eigenvalue weighted by Gasteiger charge is 2.32. The van der Waals surface area contributed by atoms with Crippen molar-refractivity contribution in [3.63, 3.8) is 0 Å². The van der Waals surface area contributed by atoms with E-state index in [2.05, 4.69) is 16.0 Å². The van der Waals surface area contributed by atoms with Crippen LogP contribution in [0.2, 0.25) is 0 Å². The highest BCUT2D eigenvalue weighted by atomic mass is 16.4. The van der Waals surface area contributed by atoms with Gasteiger partial charge in [0.25, 0.3) is 0 Å². The Balaban J connectivity index is 3.11. The summed E-state index contributed by atoms with van der Waals surface area (Å²) in [6, 6.07) is 0.441. The lowest BCUT2D eigenvalue weighted by molar-refractivity contribution is -0.145. The van der Waals surface area contributed by atoms with E-state index in [0.717, 1.165) is 6.92 Å². The number of nitrogens with two attached hydrogens (primary N) is 1. The number of phenols is 1. The molecule has 1 aromatic rings. The highest BCUT2D eigenvalue weighted by Crippen LogP contribution is 2.12. The number of hydrogen-bond donors (Lipinski definition) is 8. The van der Waals surface area contributed by atoms with Gasteiger partial charge in [0.1, 0.15) is 17.8 Å². The zero-order chi connectivity index (χ0) is 26.0. The average Bonchev–Trinajstić information content (AvgIpc) is 2.74. The van der Waals surface area contributed by atoms with Crippen LogP contribution in [-0.4, -0.2) is 80.4 Å². The van der Waals surface area contributed by atoms with Crippen LogP contribution in [0.1, 0.15) is 32.3 Å². The molecule has 0 heterocycles. The van der Waals surface area contributed by atoms with E-state index in [1.54, 1.807) is 0 Å². The summed E-state index contributed by atoms with van der Waals surface area (Å²) >= 11 is 0. The minimum Gasteiger partial charge on any atom is -0.508 e. The second-order valence-electron chi connectivity index (χ2n) is 7.78. The SMILES string of the molecule is CC(N)C(=O)NC(Cc1ccc(O)cc1)C(=O)NC(CCC(=O)O)C(=O)NC(C(=O)O)C(C)O. The van der Waals surface area contributed by atoms with Gasteiger partial charge in [0.05, 0.1) is 12.1 Å². The van der Waals surface area contributed by atoms with Gasteiger partial charge in [-0.3, -0.25) is 19.2 Å². The largest absolute Gasteiger partial charge is 0.508 e. The van der Waals surface area contributed by atoms with Crippen molar-refractivity contribution in [2.75, 3.05) is 0 Å². The summed E-state index contributed by atoms with van der Waals surface area (Å²) < 4.78 is 0. The maximum absolute atomic E-state index is 13.0. The molecule has 0 fully saturated rings. The standard InChI is InChI=1S/C21H30N4O9/c1-10(22)18(30)24-15(9-12-3-5-13(27)6-4-12)20(32)23-14(7-8-16(28)29)19(31)25-17(11(2)26)21(33)34/h3-6,10-11,14-15,17,26-27H,7-9,22H2,1-2H3,(H,23,32)(H,24,30)(H,25,31)(H,28,29)(H,33,34). The van der Waals surface area contributed by atoms with Crippen molar-refractivity contribution < 1.29 is 44.4 Å². The molecule has 0 saturated heterocycles. The maximum Gasteiger partial charge on any atom is 0.328 e. The number of aliphatic hydroxyl groups is 1. The van der Waals surface area contributed by atoms with Gasteiger partial charge in [-0.15, -0.1) is 0 Å². The van der Waals surface area contributed by atoms with Crippen LogP contribution in [0.25, 0.3) is 0 Å². The van der Waals surface area contributed by atoms with Gasteiger partial charge in [0.2, 0.25) is 17.7 Å². The van der Waals surface area contributed by atoms with Crippen LogP contribution in [0.3, 0.4) is 0 Å². The molecule has 0 bridgehead atoms. The monoisotopic (exact) mass is 482 g/mol. The molecule has 0 aliphatic carbocycles. The first-order valence-electron chi connectivity index (χ1n) is 10.4. The number of phenolic OH excluding ortho intramolecular Hbond substituents is 1. The third-order valence-electron chi connectivity index (χ3n) is 4.75. The van der Waals surface area contributed by atoms with Crippen LogP contribution in [0, 0.1) is 0 Å². The van der Waals surface area contributed by atoms with Crippen LogP contribution in [0.15, 0.2) is 24.3 Å². The zero-order valence-corrected chi connectivity index (χ0v) is 18.7. The smallest absolute Gasteiger partial charge is 0.328 e. The predicted molar refractivity (Wildman–Crippen MR) is 117 cm³/mol. The molecule has 0 spiro atoms. The lowest BCUT2D eigenvalue weighted by Crippen LogP contribution is -2.58. The van der Waals surface area contributed by atoms with E-state index in [1.165, 1.54) is 31.2 Å². The molecule has 0 aliphatic heterocycles. The van der Waals surface area contributed by atoms with Gasteiger partial charge in [0, 0.05) is 12.8 Å². The molecule has 9 N–H and O–H groups in total. The summed E-state index contributed by atoms with van der Waals surface area (Å²) in [5.41, 5.74) is 6.10. The fraction of sp³-hybridized carbons (Fsp3) is 0.476. The van der Waals surface area contributed by atoms with Gasteiger partial charge in [-0.05, 0) is 38.0 Å². The number of aliphatic hydroxyl groups excluding tert-OH is 1. The van der Waals surface area contributed by atoms with Crippen molar-refractivity contribution in [3.05, 3.63) is 29.8 Å². The molecule has 0 aliphatic rings. The molecule has 0 radical (unpaired) electrons. The lowest BCUT2D eigenvalue weighted by Gasteiger charge is -2.25. The first-order chi connectivity index (χ1) is 15.8. The molecule has 188 valence electrons. The number of amides is 3. The minimum atomic E-state index is -1.69. The Morgan fingerprint density at radius 3 is 1.88 bits per heavy atom. The number of carboxylic acid groups (broad SMARTS) is 2. The predicted octanol–water partition coefficient (Wildman–Crippen LogP) is -1.93. The quantitative estimate of drug-likeness (QED) is 0.155. The third kappa shape index (κ3) is 9.42. The molecular formula is C21H30N4O9. The Labute approximate surface area is 195 Å². The molecule has 5 atom stereocenters. The molecule has 0 saturated carbocycles. The Kier molecular flexibility index (Phi) is 10.9. The number of benzene rings is 1. The molecule has 34 heavy (non-hydrogen) atoms. The summed E-state index contributed by atoms with van der Waals surface area (Å²) in [7, 11) is 0. The summed E-state index contributed by atoms with van der Waals surface area (Å²) in [4.78, 5) is 60.0. The lowest BCUT2D eigenvalue weighted by atomic mass is 10.0. The van der Waals surface area contributed by atoms with Crippen LogP contribution in [0.4, 0.5) is 0 Å². The number of hydrogen-bond acceptors (Lipinski definition) is 8. The van der Waals surface area contributed by atoms with Gasteiger partial charge >= 0.3 is 11.9 Å². The number of aliphatic carboxylic acids is 2. The zero-order valence-electron chi connectivity index (χ0n) is 18.7. The normalized spacial score (nSPS) is 15.2. The Bertz CT molecular complexity index is 887. The third-order valence-corrected chi connectivity index (χ3v) is 4.75. The summed E-state index contributed by atoms with van der Waals surface area (Å²) in [6.07, 6.45) is -2.43. The van der Waals surface area contributed by atoms with E-state index in [9.17, 15) is 34.2 Å². The van der Waals surface area contributed by atoms with Gasteiger partial charge < -0.3 is 42.1 Å². The molecule has 3 amide bonds. The minimum absolute atomic E-state index is 0.0131. The van der Waals surface area contributed by atoms with Crippen molar-refractivity contribution in [3.8, 4) is 5.75 Å². The van der Waals surface area contributed by atoms with Crippen LogP contribution in [0.5, 0.6) is 5.75 Å². The fourth-order valence-corrected chi connectivity index (χ4v) is 2.83. The first-order valence-corrected chi connectivity index (χ1v) is 10.4. The molecule has 1 rings (SSSR count). The van der Waals surface area contributed by atoms with Crippen molar-refractivity contribution in [1.29, 1.82) is 0 Å². The topological polar surface area (TPSA) is 228 Å². The van der Waals surface area contributed by atoms with Crippen LogP contribution >= 0.6 is 0 Å². The van der Waals surface area contributed by atoms with E-state index < -0.39 is 66.4 Å². The van der Waals surface area contributed by atoms with Crippen LogP contribution in [-0.2, 0) is 30.4 Å². The van der Waals surface area contributed by atoms with Gasteiger partial charge in [-0.2, -0.15) is 0 Å². The Morgan fingerprint density at radius 2 is 1.41 bits per heavy atom. The molecular weight excluding hydrogens is 452 g/mol. The second-order valence-corrected chi connectivity index (χ2v) is 7.78. The molecule has 0 aromatic heterocycles. The molecule has 13 nitrogen and oxygen atoms in total. The number of rotatable bonds is 13. The maximum atomic E-state index is 13.0. The van der Waals surface area contributed by atoms with E-state index in [4.69, 9.17) is 15.9 Å². The fourth-order valence-electron chi connectivity index (χ4n) is 2.83. The molecule has 1 aromatic carbocycles. The van der Waals surface area contributed by atoms with E-state index in [1.807, 2.05) is 0 Å². The van der Waals surface area contributed by atoms with Gasteiger partial charge in [0.15, 0.2) is 6.04 Å². The Hall–Kier alpha value is -3.71. The van der Waals surface area contributed by atoms with Crippen molar-refractivity contribution >= 4 is 29.7 Å². The van der Waals surface area contributed by atoms with E-state index in [-0.39, 0.29) is 18.6 Å². The number of aromatic hydroxyl groups is 1. The second kappa shape index (κ2) is 13.1. The van der Waals surface area contributed by atoms with Crippen molar-refractivity contribution in [2.24, 2.45) is 5.73 Å². The molecule has 5 unspecified atom stereocenters. The van der Waals surface area contributed by atoms with E-state index in [0.29, 0.717) is 5.56 Å². The average molecular weight is 482 g/mol. The number of carbonyl (C=O) groups excluding carboxylic acids is 3. The summed E-state index contributed by atoms with van der Waals surface area (Å²) in [5, 5.41) is 44.0. The first kappa shape index (κ1) is 28.3. The number of nitrogens with one attached hydrogen (secondary N) is 3. The van der Waals surface area contributed by atoms with Crippen LogP contribution < -0.4 is 21.7 Å². The van der Waals surface area contributed by atoms with Crippen molar-refractivity contribution in [2.45, 2.75) is 63.4 Å².